The van der Waals surface area contributed by atoms with Crippen LogP contribution in [0.3, 0.4) is 0 Å². The fourth-order valence-electron chi connectivity index (χ4n) is 1.44. The average molecular weight is 225 g/mol. The summed E-state index contributed by atoms with van der Waals surface area (Å²) in [6, 6.07) is 0. The summed E-state index contributed by atoms with van der Waals surface area (Å²) >= 11 is 0. The van der Waals surface area contributed by atoms with Crippen LogP contribution in [-0.2, 0) is 9.47 Å². The van der Waals surface area contributed by atoms with Gasteiger partial charge in [0.15, 0.2) is 11.5 Å². The molecule has 1 fully saturated rings. The van der Waals surface area contributed by atoms with Crippen LogP contribution in [0.2, 0.25) is 0 Å². The quantitative estimate of drug-likeness (QED) is 0.811. The van der Waals surface area contributed by atoms with Gasteiger partial charge < -0.3 is 19.9 Å². The van der Waals surface area contributed by atoms with Gasteiger partial charge in [0, 0.05) is 0 Å². The summed E-state index contributed by atoms with van der Waals surface area (Å²) in [6.07, 6.45) is 3.00. The Morgan fingerprint density at radius 3 is 2.75 bits per heavy atom. The summed E-state index contributed by atoms with van der Waals surface area (Å²) in [5.74, 6) is 0.280. The van der Waals surface area contributed by atoms with Crippen LogP contribution < -0.4 is 10.5 Å². The number of nitrogen functional groups attached to an aromatic ring is 1. The number of hydrogen-bond donors (Lipinski definition) is 1. The predicted octanol–water partition coefficient (Wildman–Crippen LogP) is 0.589. The molecule has 0 radical (unpaired) electrons. The molecule has 0 aliphatic carbocycles. The van der Waals surface area contributed by atoms with Gasteiger partial charge in [0.05, 0.1) is 19.0 Å². The van der Waals surface area contributed by atoms with Crippen molar-refractivity contribution >= 4 is 5.95 Å². The second kappa shape index (κ2) is 4.23. The number of hydrogen-bond acceptors (Lipinski definition) is 6. The van der Waals surface area contributed by atoms with Crippen LogP contribution in [0.25, 0.3) is 0 Å². The van der Waals surface area contributed by atoms with Gasteiger partial charge in [-0.2, -0.15) is 0 Å². The molecule has 0 amide bonds. The Balaban J connectivity index is 1.82. The molecule has 0 bridgehead atoms. The van der Waals surface area contributed by atoms with Crippen LogP contribution in [0.5, 0.6) is 5.75 Å². The van der Waals surface area contributed by atoms with E-state index < -0.39 is 5.79 Å². The smallest absolute Gasteiger partial charge is 0.220 e. The molecule has 0 aromatic carbocycles. The van der Waals surface area contributed by atoms with Crippen LogP contribution in [0.4, 0.5) is 5.95 Å². The summed E-state index contributed by atoms with van der Waals surface area (Å²) in [7, 11) is 0. The minimum atomic E-state index is -0.522. The molecule has 1 aromatic heterocycles. The Bertz CT molecular complexity index is 353. The number of anilines is 1. The van der Waals surface area contributed by atoms with Gasteiger partial charge in [0.1, 0.15) is 12.7 Å². The third-order valence-corrected chi connectivity index (χ3v) is 2.15. The van der Waals surface area contributed by atoms with E-state index in [1.807, 2.05) is 13.8 Å². The third kappa shape index (κ3) is 2.80. The van der Waals surface area contributed by atoms with E-state index in [9.17, 15) is 0 Å². The minimum Gasteiger partial charge on any atom is -0.488 e. The number of rotatable bonds is 3. The van der Waals surface area contributed by atoms with Gasteiger partial charge in [-0.1, -0.05) is 0 Å². The molecule has 1 aromatic rings. The Labute approximate surface area is 93.7 Å². The van der Waals surface area contributed by atoms with Crippen LogP contribution in [0, 0.1) is 0 Å². The average Bonchev–Trinajstić information content (AvgIpc) is 2.58. The summed E-state index contributed by atoms with van der Waals surface area (Å²) < 4.78 is 16.4. The molecular formula is C10H15N3O3. The summed E-state index contributed by atoms with van der Waals surface area (Å²) in [4.78, 5) is 7.65. The first-order valence-corrected chi connectivity index (χ1v) is 5.07. The van der Waals surface area contributed by atoms with Crippen molar-refractivity contribution in [2.45, 2.75) is 25.7 Å². The Morgan fingerprint density at radius 1 is 1.50 bits per heavy atom. The van der Waals surface area contributed by atoms with Gasteiger partial charge in [-0.25, -0.2) is 9.97 Å². The highest BCUT2D eigenvalue weighted by Crippen LogP contribution is 2.22. The molecule has 16 heavy (non-hydrogen) atoms. The van der Waals surface area contributed by atoms with E-state index in [1.165, 1.54) is 12.4 Å². The van der Waals surface area contributed by atoms with Crippen LogP contribution in [0.1, 0.15) is 13.8 Å². The molecule has 0 spiro atoms. The maximum atomic E-state index is 5.58. The molecule has 2 heterocycles. The zero-order valence-corrected chi connectivity index (χ0v) is 9.34. The lowest BCUT2D eigenvalue weighted by molar-refractivity contribution is -0.141. The number of nitrogens with zero attached hydrogens (tertiary/aromatic N) is 2. The van der Waals surface area contributed by atoms with Gasteiger partial charge in [-0.15, -0.1) is 0 Å². The Hall–Kier alpha value is -1.40. The molecule has 2 N–H and O–H groups in total. The molecular weight excluding hydrogens is 210 g/mol. The first kappa shape index (κ1) is 11.1. The maximum absolute atomic E-state index is 5.58. The standard InChI is InChI=1S/C10H15N3O3/c1-10(2)15-6-8(16-10)5-14-7-3-12-9(11)13-4-7/h3-4,8H,5-6H2,1-2H3,(H2,11,12,13)/t8-/m0/s1. The summed E-state index contributed by atoms with van der Waals surface area (Å²) in [5.41, 5.74) is 5.36. The molecule has 1 aliphatic heterocycles. The highest BCUT2D eigenvalue weighted by atomic mass is 16.7. The van der Waals surface area contributed by atoms with Crippen LogP contribution in [0.15, 0.2) is 12.4 Å². The van der Waals surface area contributed by atoms with Crippen molar-refractivity contribution in [3.63, 3.8) is 0 Å². The molecule has 6 heteroatoms. The van der Waals surface area contributed by atoms with E-state index in [0.717, 1.165) is 0 Å². The molecule has 2 rings (SSSR count). The highest BCUT2D eigenvalue weighted by Gasteiger charge is 2.32. The van der Waals surface area contributed by atoms with Gasteiger partial charge in [0.25, 0.3) is 0 Å². The fourth-order valence-corrected chi connectivity index (χ4v) is 1.44. The minimum absolute atomic E-state index is 0.0625. The number of nitrogens with two attached hydrogens (primary N) is 1. The van der Waals surface area contributed by atoms with Gasteiger partial charge in [-0.05, 0) is 13.8 Å². The molecule has 1 saturated heterocycles. The van der Waals surface area contributed by atoms with Crippen molar-refractivity contribution in [1.82, 2.24) is 9.97 Å². The van der Waals surface area contributed by atoms with E-state index in [4.69, 9.17) is 19.9 Å². The van der Waals surface area contributed by atoms with E-state index in [1.54, 1.807) is 0 Å². The Kier molecular flexibility index (Phi) is 2.93. The lowest BCUT2D eigenvalue weighted by Crippen LogP contribution is -2.25. The molecule has 6 nitrogen and oxygen atoms in total. The second-order valence-electron chi connectivity index (χ2n) is 4.04. The van der Waals surface area contributed by atoms with Crippen molar-refractivity contribution < 1.29 is 14.2 Å². The van der Waals surface area contributed by atoms with Gasteiger partial charge in [-0.3, -0.25) is 0 Å². The molecule has 0 unspecified atom stereocenters. The fraction of sp³-hybridized carbons (Fsp3) is 0.600. The van der Waals surface area contributed by atoms with E-state index in [-0.39, 0.29) is 12.1 Å². The van der Waals surface area contributed by atoms with Crippen molar-refractivity contribution in [2.24, 2.45) is 0 Å². The molecule has 1 atom stereocenters. The second-order valence-corrected chi connectivity index (χ2v) is 4.04. The third-order valence-electron chi connectivity index (χ3n) is 2.15. The largest absolute Gasteiger partial charge is 0.488 e. The monoisotopic (exact) mass is 225 g/mol. The van der Waals surface area contributed by atoms with Gasteiger partial charge in [0.2, 0.25) is 5.95 Å². The van der Waals surface area contributed by atoms with Crippen LogP contribution in [-0.4, -0.2) is 35.1 Å². The van der Waals surface area contributed by atoms with E-state index in [2.05, 4.69) is 9.97 Å². The van der Waals surface area contributed by atoms with Crippen molar-refractivity contribution in [3.8, 4) is 5.75 Å². The Morgan fingerprint density at radius 2 is 2.19 bits per heavy atom. The first-order valence-electron chi connectivity index (χ1n) is 5.07. The molecule has 0 saturated carbocycles. The first-order chi connectivity index (χ1) is 7.55. The highest BCUT2D eigenvalue weighted by molar-refractivity contribution is 5.21. The van der Waals surface area contributed by atoms with Crippen molar-refractivity contribution in [1.29, 1.82) is 0 Å². The topological polar surface area (TPSA) is 79.5 Å². The summed E-state index contributed by atoms with van der Waals surface area (Å²) in [5, 5.41) is 0. The van der Waals surface area contributed by atoms with Crippen molar-refractivity contribution in [2.75, 3.05) is 18.9 Å². The maximum Gasteiger partial charge on any atom is 0.220 e. The van der Waals surface area contributed by atoms with Crippen molar-refractivity contribution in [3.05, 3.63) is 12.4 Å². The normalized spacial score (nSPS) is 23.2. The number of aromatic nitrogens is 2. The lowest BCUT2D eigenvalue weighted by Gasteiger charge is -2.17. The SMILES string of the molecule is CC1(C)OC[C@H](COc2cnc(N)nc2)O1. The molecule has 1 aliphatic rings. The van der Waals surface area contributed by atoms with E-state index in [0.29, 0.717) is 19.0 Å². The van der Waals surface area contributed by atoms with E-state index >= 15 is 0 Å². The van der Waals surface area contributed by atoms with Crippen LogP contribution >= 0.6 is 0 Å². The zero-order chi connectivity index (χ0) is 11.6. The summed E-state index contributed by atoms with van der Waals surface area (Å²) in [6.45, 7) is 4.69. The zero-order valence-electron chi connectivity index (χ0n) is 9.34. The molecule has 88 valence electrons. The number of ether oxygens (including phenoxy) is 3. The lowest BCUT2D eigenvalue weighted by atomic mass is 10.4. The predicted molar refractivity (Wildman–Crippen MR) is 56.8 cm³/mol. The van der Waals surface area contributed by atoms with Gasteiger partial charge >= 0.3 is 0 Å².